The van der Waals surface area contributed by atoms with E-state index in [1.807, 2.05) is 0 Å². The number of halogens is 1. The van der Waals surface area contributed by atoms with Gasteiger partial charge in [-0.25, -0.2) is 4.39 Å². The molecule has 2 aromatic carbocycles. The van der Waals surface area contributed by atoms with Gasteiger partial charge in [0.1, 0.15) is 5.82 Å². The van der Waals surface area contributed by atoms with Gasteiger partial charge in [-0.1, -0.05) is 30.3 Å². The molecule has 0 bridgehead atoms. The van der Waals surface area contributed by atoms with Crippen LogP contribution in [-0.4, -0.2) is 16.9 Å². The van der Waals surface area contributed by atoms with Gasteiger partial charge in [-0.3, -0.25) is 9.59 Å². The van der Waals surface area contributed by atoms with Crippen molar-refractivity contribution in [3.8, 4) is 0 Å². The molecule has 0 spiro atoms. The molecule has 0 fully saturated rings. The van der Waals surface area contributed by atoms with Gasteiger partial charge in [-0.15, -0.1) is 0 Å². The average Bonchev–Trinajstić information content (AvgIpc) is 2.51. The third-order valence-electron chi connectivity index (χ3n) is 3.12. The van der Waals surface area contributed by atoms with Crippen LogP contribution in [0.3, 0.4) is 0 Å². The number of rotatable bonds is 5. The first-order valence-electron chi connectivity index (χ1n) is 7.05. The molecule has 2 amide bonds. The highest BCUT2D eigenvalue weighted by molar-refractivity contribution is 5.93. The molecule has 0 aromatic heterocycles. The maximum Gasteiger partial charge on any atom is 0.227 e. The molecule has 120 valence electrons. The first-order chi connectivity index (χ1) is 11.0. The van der Waals surface area contributed by atoms with Gasteiger partial charge in [-0.05, 0) is 23.8 Å². The lowest BCUT2D eigenvalue weighted by molar-refractivity contribution is -0.118. The molecular formula is C17H17FN2O3. The molecule has 23 heavy (non-hydrogen) atoms. The summed E-state index contributed by atoms with van der Waals surface area (Å²) in [6, 6.07) is 12.6. The lowest BCUT2D eigenvalue weighted by atomic mass is 10.1. The largest absolute Gasteiger partial charge is 0.388 e. The normalized spacial score (nSPS) is 11.6. The van der Waals surface area contributed by atoms with E-state index in [-0.39, 0.29) is 18.0 Å². The number of hydrogen-bond donors (Lipinski definition) is 3. The Morgan fingerprint density at radius 2 is 1.83 bits per heavy atom. The Balaban J connectivity index is 2.03. The molecule has 0 saturated heterocycles. The Hall–Kier alpha value is -2.73. The van der Waals surface area contributed by atoms with Crippen LogP contribution in [0, 0.1) is 5.82 Å². The second-order valence-electron chi connectivity index (χ2n) is 5.05. The van der Waals surface area contributed by atoms with Crippen LogP contribution in [0.4, 0.5) is 15.8 Å². The second-order valence-corrected chi connectivity index (χ2v) is 5.05. The molecule has 0 saturated carbocycles. The standard InChI is InChI=1S/C17H17FN2O3/c1-11(21)19-13-7-8-14(18)15(9-13)20-17(23)10-16(22)12-5-3-2-4-6-12/h2-9,16,22H,10H2,1H3,(H,19,21)(H,20,23). The van der Waals surface area contributed by atoms with Gasteiger partial charge >= 0.3 is 0 Å². The first-order valence-corrected chi connectivity index (χ1v) is 7.05. The van der Waals surface area contributed by atoms with Crippen molar-refractivity contribution < 1.29 is 19.1 Å². The number of amides is 2. The van der Waals surface area contributed by atoms with Crippen molar-refractivity contribution in [1.29, 1.82) is 0 Å². The Labute approximate surface area is 133 Å². The van der Waals surface area contributed by atoms with Crippen molar-refractivity contribution in [3.63, 3.8) is 0 Å². The van der Waals surface area contributed by atoms with Crippen LogP contribution in [-0.2, 0) is 9.59 Å². The van der Waals surface area contributed by atoms with Crippen molar-refractivity contribution in [3.05, 3.63) is 59.9 Å². The Bertz CT molecular complexity index is 704. The van der Waals surface area contributed by atoms with Crippen LogP contribution in [0.2, 0.25) is 0 Å². The Kier molecular flexibility index (Phi) is 5.43. The van der Waals surface area contributed by atoms with Crippen molar-refractivity contribution >= 4 is 23.2 Å². The van der Waals surface area contributed by atoms with E-state index < -0.39 is 17.8 Å². The molecule has 0 radical (unpaired) electrons. The van der Waals surface area contributed by atoms with Gasteiger partial charge < -0.3 is 15.7 Å². The van der Waals surface area contributed by atoms with Crippen LogP contribution in [0.25, 0.3) is 0 Å². The number of anilines is 2. The minimum Gasteiger partial charge on any atom is -0.388 e. The minimum atomic E-state index is -0.974. The van der Waals surface area contributed by atoms with Crippen molar-refractivity contribution in [2.24, 2.45) is 0 Å². The third kappa shape index (κ3) is 4.89. The summed E-state index contributed by atoms with van der Waals surface area (Å²) in [5, 5.41) is 14.9. The predicted molar refractivity (Wildman–Crippen MR) is 85.4 cm³/mol. The van der Waals surface area contributed by atoms with Gasteiger partial charge in [-0.2, -0.15) is 0 Å². The third-order valence-corrected chi connectivity index (χ3v) is 3.12. The van der Waals surface area contributed by atoms with Gasteiger partial charge in [0, 0.05) is 12.6 Å². The molecule has 3 N–H and O–H groups in total. The van der Waals surface area contributed by atoms with Gasteiger partial charge in [0.15, 0.2) is 0 Å². The zero-order chi connectivity index (χ0) is 16.8. The summed E-state index contributed by atoms with van der Waals surface area (Å²) in [4.78, 5) is 23.0. The fourth-order valence-corrected chi connectivity index (χ4v) is 2.07. The molecule has 0 aliphatic rings. The zero-order valence-corrected chi connectivity index (χ0v) is 12.5. The van der Waals surface area contributed by atoms with E-state index in [4.69, 9.17) is 0 Å². The van der Waals surface area contributed by atoms with Crippen LogP contribution in [0.5, 0.6) is 0 Å². The number of benzene rings is 2. The molecule has 0 heterocycles. The van der Waals surface area contributed by atoms with Crippen LogP contribution in [0.1, 0.15) is 25.0 Å². The number of carbonyl (C=O) groups excluding carboxylic acids is 2. The molecule has 2 rings (SSSR count). The summed E-state index contributed by atoms with van der Waals surface area (Å²) >= 11 is 0. The Morgan fingerprint density at radius 1 is 1.13 bits per heavy atom. The molecule has 2 aromatic rings. The minimum absolute atomic E-state index is 0.0542. The van der Waals surface area contributed by atoms with Gasteiger partial charge in [0.2, 0.25) is 11.8 Å². The summed E-state index contributed by atoms with van der Waals surface area (Å²) in [5.41, 5.74) is 0.925. The molecule has 6 heteroatoms. The van der Waals surface area contributed by atoms with Crippen molar-refractivity contribution in [2.45, 2.75) is 19.4 Å². The molecule has 1 atom stereocenters. The lowest BCUT2D eigenvalue weighted by Crippen LogP contribution is -2.16. The molecule has 5 nitrogen and oxygen atoms in total. The summed E-state index contributed by atoms with van der Waals surface area (Å²) in [6.07, 6.45) is -1.17. The summed E-state index contributed by atoms with van der Waals surface area (Å²) < 4.78 is 13.7. The SMILES string of the molecule is CC(=O)Nc1ccc(F)c(NC(=O)CC(O)c2ccccc2)c1. The number of hydrogen-bond acceptors (Lipinski definition) is 3. The van der Waals surface area contributed by atoms with E-state index in [1.165, 1.54) is 19.1 Å². The first kappa shape index (κ1) is 16.6. The van der Waals surface area contributed by atoms with Crippen LogP contribution >= 0.6 is 0 Å². The fourth-order valence-electron chi connectivity index (χ4n) is 2.07. The average molecular weight is 316 g/mol. The number of nitrogens with one attached hydrogen (secondary N) is 2. The summed E-state index contributed by atoms with van der Waals surface area (Å²) in [6.45, 7) is 1.33. The summed E-state index contributed by atoms with van der Waals surface area (Å²) in [7, 11) is 0. The lowest BCUT2D eigenvalue weighted by Gasteiger charge is -2.12. The quantitative estimate of drug-likeness (QED) is 0.793. The molecular weight excluding hydrogens is 299 g/mol. The van der Waals surface area contributed by atoms with E-state index >= 15 is 0 Å². The Morgan fingerprint density at radius 3 is 2.48 bits per heavy atom. The molecule has 0 aliphatic heterocycles. The zero-order valence-electron chi connectivity index (χ0n) is 12.5. The monoisotopic (exact) mass is 316 g/mol. The highest BCUT2D eigenvalue weighted by Crippen LogP contribution is 2.21. The molecule has 1 unspecified atom stereocenters. The highest BCUT2D eigenvalue weighted by atomic mass is 19.1. The van der Waals surface area contributed by atoms with Crippen molar-refractivity contribution in [1.82, 2.24) is 0 Å². The number of aliphatic hydroxyl groups excluding tert-OH is 1. The molecule has 0 aliphatic carbocycles. The van der Waals surface area contributed by atoms with Gasteiger partial charge in [0.25, 0.3) is 0 Å². The highest BCUT2D eigenvalue weighted by Gasteiger charge is 2.14. The fraction of sp³-hybridized carbons (Fsp3) is 0.176. The second kappa shape index (κ2) is 7.51. The van der Waals surface area contributed by atoms with E-state index in [1.54, 1.807) is 30.3 Å². The summed E-state index contributed by atoms with van der Waals surface area (Å²) in [5.74, 6) is -1.45. The maximum absolute atomic E-state index is 13.7. The van der Waals surface area contributed by atoms with E-state index in [0.717, 1.165) is 6.07 Å². The number of carbonyl (C=O) groups is 2. The topological polar surface area (TPSA) is 78.4 Å². The van der Waals surface area contributed by atoms with E-state index in [9.17, 15) is 19.1 Å². The predicted octanol–water partition coefficient (Wildman–Crippen LogP) is 2.85. The van der Waals surface area contributed by atoms with Crippen molar-refractivity contribution in [2.75, 3.05) is 10.6 Å². The van der Waals surface area contributed by atoms with Gasteiger partial charge in [0.05, 0.1) is 18.2 Å². The van der Waals surface area contributed by atoms with Crippen LogP contribution in [0.15, 0.2) is 48.5 Å². The van der Waals surface area contributed by atoms with Crippen LogP contribution < -0.4 is 10.6 Å². The van der Waals surface area contributed by atoms with E-state index in [0.29, 0.717) is 11.3 Å². The maximum atomic E-state index is 13.7. The van der Waals surface area contributed by atoms with E-state index in [2.05, 4.69) is 10.6 Å². The smallest absolute Gasteiger partial charge is 0.227 e. The number of aliphatic hydroxyl groups is 1.